The highest BCUT2D eigenvalue weighted by Crippen LogP contribution is 2.32. The quantitative estimate of drug-likeness (QED) is 0.781. The molecule has 0 amide bonds. The van der Waals surface area contributed by atoms with Crippen LogP contribution < -0.4 is 9.47 Å². The lowest BCUT2D eigenvalue weighted by Crippen LogP contribution is -2.04. The number of nitriles is 1. The Hall–Kier alpha value is -1.69. The lowest BCUT2D eigenvalue weighted by molar-refractivity contribution is 0.354. The van der Waals surface area contributed by atoms with Crippen LogP contribution in [0.1, 0.15) is 25.3 Å². The summed E-state index contributed by atoms with van der Waals surface area (Å²) in [5.41, 5.74) is 0.968. The zero-order valence-electron chi connectivity index (χ0n) is 10.2. The fraction of sp³-hybridized carbons (Fsp3) is 0.462. The highest BCUT2D eigenvalue weighted by Gasteiger charge is 2.16. The maximum absolute atomic E-state index is 9.12. The number of ether oxygens (including phenoxy) is 2. The SMILES string of the molecule is COc1ccc(C(C#N)C(C)C)cc1OC. The third kappa shape index (κ3) is 2.46. The average molecular weight is 219 g/mol. The van der Waals surface area contributed by atoms with Crippen LogP contribution in [0.4, 0.5) is 0 Å². The predicted molar refractivity (Wildman–Crippen MR) is 62.7 cm³/mol. The van der Waals surface area contributed by atoms with Crippen molar-refractivity contribution in [1.29, 1.82) is 5.26 Å². The van der Waals surface area contributed by atoms with Crippen LogP contribution in [0.5, 0.6) is 11.5 Å². The van der Waals surface area contributed by atoms with Crippen molar-refractivity contribution in [1.82, 2.24) is 0 Å². The topological polar surface area (TPSA) is 42.2 Å². The summed E-state index contributed by atoms with van der Waals surface area (Å²) in [6, 6.07) is 7.92. The molecule has 1 unspecified atom stereocenters. The Balaban J connectivity index is 3.12. The van der Waals surface area contributed by atoms with E-state index in [2.05, 4.69) is 6.07 Å². The first-order valence-electron chi connectivity index (χ1n) is 5.25. The van der Waals surface area contributed by atoms with E-state index in [1.807, 2.05) is 32.0 Å². The van der Waals surface area contributed by atoms with Crippen LogP contribution in [-0.2, 0) is 0 Å². The summed E-state index contributed by atoms with van der Waals surface area (Å²) in [7, 11) is 3.19. The van der Waals surface area contributed by atoms with Gasteiger partial charge in [-0.05, 0) is 23.6 Å². The molecule has 0 spiro atoms. The van der Waals surface area contributed by atoms with Gasteiger partial charge in [0.05, 0.1) is 26.2 Å². The molecule has 0 saturated carbocycles. The van der Waals surface area contributed by atoms with Gasteiger partial charge in [-0.15, -0.1) is 0 Å². The van der Waals surface area contributed by atoms with Gasteiger partial charge in [0.2, 0.25) is 0 Å². The molecule has 3 nitrogen and oxygen atoms in total. The third-order valence-electron chi connectivity index (χ3n) is 2.57. The summed E-state index contributed by atoms with van der Waals surface area (Å²) in [6.07, 6.45) is 0. The minimum Gasteiger partial charge on any atom is -0.493 e. The van der Waals surface area contributed by atoms with Gasteiger partial charge in [0.25, 0.3) is 0 Å². The normalized spacial score (nSPS) is 12.0. The van der Waals surface area contributed by atoms with E-state index < -0.39 is 0 Å². The van der Waals surface area contributed by atoms with Gasteiger partial charge in [-0.25, -0.2) is 0 Å². The van der Waals surface area contributed by atoms with Gasteiger partial charge < -0.3 is 9.47 Å². The molecule has 1 aromatic rings. The van der Waals surface area contributed by atoms with Crippen molar-refractivity contribution < 1.29 is 9.47 Å². The molecule has 86 valence electrons. The highest BCUT2D eigenvalue weighted by molar-refractivity contribution is 5.45. The van der Waals surface area contributed by atoms with Crippen molar-refractivity contribution in [2.75, 3.05) is 14.2 Å². The molecule has 0 bridgehead atoms. The molecule has 1 aromatic carbocycles. The maximum atomic E-state index is 9.12. The molecular formula is C13H17NO2. The smallest absolute Gasteiger partial charge is 0.161 e. The van der Waals surface area contributed by atoms with Crippen LogP contribution in [0.15, 0.2) is 18.2 Å². The molecule has 1 atom stereocenters. The number of benzene rings is 1. The molecule has 3 heteroatoms. The first-order chi connectivity index (χ1) is 7.63. The number of rotatable bonds is 4. The zero-order valence-corrected chi connectivity index (χ0v) is 10.2. The Labute approximate surface area is 96.6 Å². The largest absolute Gasteiger partial charge is 0.493 e. The number of nitrogens with zero attached hydrogens (tertiary/aromatic N) is 1. The summed E-state index contributed by atoms with van der Waals surface area (Å²) in [6.45, 7) is 4.06. The van der Waals surface area contributed by atoms with Crippen molar-refractivity contribution in [3.63, 3.8) is 0 Å². The van der Waals surface area contributed by atoms with Crippen LogP contribution in [0, 0.1) is 17.2 Å². The number of hydrogen-bond acceptors (Lipinski definition) is 3. The van der Waals surface area contributed by atoms with Gasteiger partial charge in [0, 0.05) is 0 Å². The van der Waals surface area contributed by atoms with Gasteiger partial charge in [-0.1, -0.05) is 19.9 Å². The standard InChI is InChI=1S/C13H17NO2/c1-9(2)11(8-14)10-5-6-12(15-3)13(7-10)16-4/h5-7,9,11H,1-4H3. The van der Waals surface area contributed by atoms with Crippen LogP contribution in [0.25, 0.3) is 0 Å². The van der Waals surface area contributed by atoms with Gasteiger partial charge in [0.15, 0.2) is 11.5 Å². The predicted octanol–water partition coefficient (Wildman–Crippen LogP) is 2.97. The van der Waals surface area contributed by atoms with E-state index >= 15 is 0 Å². The second kappa shape index (κ2) is 5.41. The summed E-state index contributed by atoms with van der Waals surface area (Å²) in [5.74, 6) is 1.52. The molecular weight excluding hydrogens is 202 g/mol. The summed E-state index contributed by atoms with van der Waals surface area (Å²) in [4.78, 5) is 0. The third-order valence-corrected chi connectivity index (χ3v) is 2.57. The second-order valence-electron chi connectivity index (χ2n) is 3.97. The molecule has 0 fully saturated rings. The highest BCUT2D eigenvalue weighted by atomic mass is 16.5. The molecule has 0 aromatic heterocycles. The first kappa shape index (κ1) is 12.4. The van der Waals surface area contributed by atoms with Gasteiger partial charge >= 0.3 is 0 Å². The van der Waals surface area contributed by atoms with E-state index in [1.165, 1.54) is 0 Å². The summed E-state index contributed by atoms with van der Waals surface area (Å²) in [5, 5.41) is 9.12. The molecule has 0 heterocycles. The van der Waals surface area contributed by atoms with E-state index in [0.29, 0.717) is 11.5 Å². The minimum absolute atomic E-state index is 0.111. The van der Waals surface area contributed by atoms with Crippen LogP contribution >= 0.6 is 0 Å². The van der Waals surface area contributed by atoms with Crippen LogP contribution in [0.2, 0.25) is 0 Å². The second-order valence-corrected chi connectivity index (χ2v) is 3.97. The van der Waals surface area contributed by atoms with E-state index in [4.69, 9.17) is 14.7 Å². The summed E-state index contributed by atoms with van der Waals surface area (Å²) < 4.78 is 10.4. The van der Waals surface area contributed by atoms with Crippen molar-refractivity contribution in [2.45, 2.75) is 19.8 Å². The van der Waals surface area contributed by atoms with Crippen LogP contribution in [0.3, 0.4) is 0 Å². The lowest BCUT2D eigenvalue weighted by Gasteiger charge is -2.15. The average Bonchev–Trinajstić information content (AvgIpc) is 2.29. The molecule has 0 aliphatic rings. The van der Waals surface area contributed by atoms with E-state index in [-0.39, 0.29) is 11.8 Å². The Morgan fingerprint density at radius 3 is 2.19 bits per heavy atom. The minimum atomic E-state index is -0.111. The van der Waals surface area contributed by atoms with E-state index in [1.54, 1.807) is 14.2 Å². The van der Waals surface area contributed by atoms with E-state index in [0.717, 1.165) is 5.56 Å². The lowest BCUT2D eigenvalue weighted by atomic mass is 9.90. The van der Waals surface area contributed by atoms with Crippen molar-refractivity contribution >= 4 is 0 Å². The Morgan fingerprint density at radius 1 is 1.12 bits per heavy atom. The number of methoxy groups -OCH3 is 2. The Morgan fingerprint density at radius 2 is 1.75 bits per heavy atom. The Kier molecular flexibility index (Phi) is 4.19. The molecule has 1 rings (SSSR count). The molecule has 0 radical (unpaired) electrons. The maximum Gasteiger partial charge on any atom is 0.161 e. The fourth-order valence-electron chi connectivity index (χ4n) is 1.65. The molecule has 0 aliphatic carbocycles. The van der Waals surface area contributed by atoms with Crippen molar-refractivity contribution in [3.8, 4) is 17.6 Å². The van der Waals surface area contributed by atoms with Crippen molar-refractivity contribution in [3.05, 3.63) is 23.8 Å². The monoisotopic (exact) mass is 219 g/mol. The molecule has 0 saturated heterocycles. The van der Waals surface area contributed by atoms with Crippen LogP contribution in [-0.4, -0.2) is 14.2 Å². The van der Waals surface area contributed by atoms with E-state index in [9.17, 15) is 0 Å². The van der Waals surface area contributed by atoms with Gasteiger partial charge in [-0.3, -0.25) is 0 Å². The number of hydrogen-bond donors (Lipinski definition) is 0. The van der Waals surface area contributed by atoms with Gasteiger partial charge in [-0.2, -0.15) is 5.26 Å². The molecule has 0 N–H and O–H groups in total. The first-order valence-corrected chi connectivity index (χ1v) is 5.25. The fourth-order valence-corrected chi connectivity index (χ4v) is 1.65. The molecule has 16 heavy (non-hydrogen) atoms. The zero-order chi connectivity index (χ0) is 12.1. The molecule has 0 aliphatic heterocycles. The summed E-state index contributed by atoms with van der Waals surface area (Å²) >= 11 is 0. The van der Waals surface area contributed by atoms with Crippen molar-refractivity contribution in [2.24, 2.45) is 5.92 Å². The Bertz CT molecular complexity index is 393. The van der Waals surface area contributed by atoms with Gasteiger partial charge in [0.1, 0.15) is 0 Å².